The van der Waals surface area contributed by atoms with Crippen molar-refractivity contribution in [1.29, 1.82) is 0 Å². The highest BCUT2D eigenvalue weighted by Crippen LogP contribution is 2.27. The average molecular weight is 435 g/mol. The van der Waals surface area contributed by atoms with Crippen LogP contribution in [0.1, 0.15) is 6.92 Å². The van der Waals surface area contributed by atoms with Crippen LogP contribution in [-0.4, -0.2) is 47.6 Å². The van der Waals surface area contributed by atoms with Gasteiger partial charge in [-0.05, 0) is 19.1 Å². The molecule has 0 saturated heterocycles. The van der Waals surface area contributed by atoms with E-state index in [0.717, 1.165) is 6.20 Å². The zero-order valence-corrected chi connectivity index (χ0v) is 17.3. The van der Waals surface area contributed by atoms with Gasteiger partial charge in [0.2, 0.25) is 16.0 Å². The molecule has 3 N–H and O–H groups in total. The van der Waals surface area contributed by atoms with Gasteiger partial charge in [-0.15, -0.1) is 0 Å². The van der Waals surface area contributed by atoms with Crippen LogP contribution in [0.2, 0.25) is 0 Å². The maximum atomic E-state index is 14.3. The molecule has 30 heavy (non-hydrogen) atoms. The van der Waals surface area contributed by atoms with Crippen LogP contribution in [0.15, 0.2) is 42.7 Å². The largest absolute Gasteiger partial charge is 0.383 e. The van der Waals surface area contributed by atoms with Gasteiger partial charge in [0, 0.05) is 19.4 Å². The fraction of sp³-hybridized carbons (Fsp3) is 0.278. The number of aromatic nitrogens is 4. The molecule has 0 saturated carbocycles. The molecule has 2 heterocycles. The summed E-state index contributed by atoms with van der Waals surface area (Å²) in [4.78, 5) is 8.05. The van der Waals surface area contributed by atoms with E-state index in [4.69, 9.17) is 4.74 Å². The Bertz CT molecular complexity index is 1100. The molecule has 160 valence electrons. The zero-order valence-electron chi connectivity index (χ0n) is 16.5. The minimum Gasteiger partial charge on any atom is -0.383 e. The summed E-state index contributed by atoms with van der Waals surface area (Å²) in [7, 11) is -1.89. The standard InChI is InChI=1S/C18H22FN7O3S/c1-3-30(27,28)25-15-7-5-4-6-14(15)21-17-13(19)12-20-18(23-17)22-16-8-9-26(24-16)10-11-29-2/h4-9,12,25H,3,10-11H2,1-2H3,(H2,20,21,22,23,24). The number of methoxy groups -OCH3 is 1. The Morgan fingerprint density at radius 2 is 1.93 bits per heavy atom. The minimum atomic E-state index is -3.50. The molecule has 0 radical (unpaired) electrons. The summed E-state index contributed by atoms with van der Waals surface area (Å²) in [5.41, 5.74) is 0.630. The third-order valence-electron chi connectivity index (χ3n) is 3.97. The third kappa shape index (κ3) is 5.64. The lowest BCUT2D eigenvalue weighted by molar-refractivity contribution is 0.183. The van der Waals surface area contributed by atoms with E-state index >= 15 is 0 Å². The summed E-state index contributed by atoms with van der Waals surface area (Å²) < 4.78 is 47.2. The normalized spacial score (nSPS) is 11.3. The SMILES string of the molecule is CCS(=O)(=O)Nc1ccccc1Nc1nc(Nc2ccn(CCOC)n2)ncc1F. The molecule has 3 rings (SSSR count). The first-order chi connectivity index (χ1) is 14.4. The lowest BCUT2D eigenvalue weighted by Crippen LogP contribution is -2.15. The van der Waals surface area contributed by atoms with Crippen molar-refractivity contribution in [2.75, 3.05) is 34.8 Å². The second kappa shape index (κ2) is 9.50. The van der Waals surface area contributed by atoms with Crippen LogP contribution in [0, 0.1) is 5.82 Å². The average Bonchev–Trinajstić information content (AvgIpc) is 3.17. The summed E-state index contributed by atoms with van der Waals surface area (Å²) in [6.07, 6.45) is 2.78. The maximum Gasteiger partial charge on any atom is 0.232 e. The molecule has 0 aliphatic carbocycles. The highest BCUT2D eigenvalue weighted by molar-refractivity contribution is 7.92. The molecule has 0 aliphatic heterocycles. The number of nitrogens with one attached hydrogen (secondary N) is 3. The Labute approximate surface area is 173 Å². The highest BCUT2D eigenvalue weighted by Gasteiger charge is 2.13. The quantitative estimate of drug-likeness (QED) is 0.444. The van der Waals surface area contributed by atoms with E-state index in [0.29, 0.717) is 24.7 Å². The summed E-state index contributed by atoms with van der Waals surface area (Å²) >= 11 is 0. The van der Waals surface area contributed by atoms with Crippen molar-refractivity contribution in [2.45, 2.75) is 13.5 Å². The van der Waals surface area contributed by atoms with Gasteiger partial charge in [-0.1, -0.05) is 12.1 Å². The van der Waals surface area contributed by atoms with Gasteiger partial charge in [0.25, 0.3) is 0 Å². The number of anilines is 5. The Kier molecular flexibility index (Phi) is 6.79. The number of hydrogen-bond donors (Lipinski definition) is 3. The van der Waals surface area contributed by atoms with Crippen LogP contribution < -0.4 is 15.4 Å². The molecule has 0 aliphatic rings. The molecule has 0 atom stereocenters. The number of hydrogen-bond acceptors (Lipinski definition) is 8. The Morgan fingerprint density at radius 1 is 1.17 bits per heavy atom. The van der Waals surface area contributed by atoms with Crippen molar-refractivity contribution >= 4 is 39.0 Å². The monoisotopic (exact) mass is 435 g/mol. The van der Waals surface area contributed by atoms with E-state index in [9.17, 15) is 12.8 Å². The molecule has 0 amide bonds. The number of para-hydroxylation sites is 2. The Balaban J connectivity index is 1.79. The second-order valence-corrected chi connectivity index (χ2v) is 8.16. The van der Waals surface area contributed by atoms with E-state index in [1.165, 1.54) is 6.92 Å². The highest BCUT2D eigenvalue weighted by atomic mass is 32.2. The number of halogens is 1. The number of benzene rings is 1. The predicted molar refractivity (Wildman–Crippen MR) is 112 cm³/mol. The van der Waals surface area contributed by atoms with Crippen LogP contribution in [0.5, 0.6) is 0 Å². The van der Waals surface area contributed by atoms with Gasteiger partial charge in [0.15, 0.2) is 17.5 Å². The molecule has 3 aromatic rings. The summed E-state index contributed by atoms with van der Waals surface area (Å²) in [5, 5.41) is 10.0. The molecular weight excluding hydrogens is 413 g/mol. The molecule has 0 unspecified atom stereocenters. The molecule has 0 spiro atoms. The first-order valence-electron chi connectivity index (χ1n) is 9.08. The van der Waals surface area contributed by atoms with E-state index in [1.807, 2.05) is 0 Å². The van der Waals surface area contributed by atoms with Crippen molar-refractivity contribution in [2.24, 2.45) is 0 Å². The van der Waals surface area contributed by atoms with Gasteiger partial charge in [0.1, 0.15) is 0 Å². The Morgan fingerprint density at radius 3 is 2.67 bits per heavy atom. The van der Waals surface area contributed by atoms with Gasteiger partial charge in [0.05, 0.1) is 36.5 Å². The van der Waals surface area contributed by atoms with Gasteiger partial charge in [-0.3, -0.25) is 9.40 Å². The van der Waals surface area contributed by atoms with E-state index in [-0.39, 0.29) is 23.2 Å². The summed E-state index contributed by atoms with van der Waals surface area (Å²) in [6.45, 7) is 2.63. The molecule has 10 nitrogen and oxygen atoms in total. The topological polar surface area (TPSA) is 123 Å². The molecular formula is C18H22FN7O3S. The van der Waals surface area contributed by atoms with Gasteiger partial charge < -0.3 is 15.4 Å². The van der Waals surface area contributed by atoms with Crippen molar-refractivity contribution in [1.82, 2.24) is 19.7 Å². The lowest BCUT2D eigenvalue weighted by atomic mass is 10.2. The number of rotatable bonds is 10. The summed E-state index contributed by atoms with van der Waals surface area (Å²) in [5.74, 6) is -0.287. The molecule has 2 aromatic heterocycles. The van der Waals surface area contributed by atoms with E-state index < -0.39 is 15.8 Å². The van der Waals surface area contributed by atoms with E-state index in [2.05, 4.69) is 30.4 Å². The lowest BCUT2D eigenvalue weighted by Gasteiger charge is -2.14. The van der Waals surface area contributed by atoms with Crippen molar-refractivity contribution < 1.29 is 17.5 Å². The van der Waals surface area contributed by atoms with Crippen LogP contribution in [0.25, 0.3) is 0 Å². The smallest absolute Gasteiger partial charge is 0.232 e. The maximum absolute atomic E-state index is 14.3. The molecule has 1 aromatic carbocycles. The van der Waals surface area contributed by atoms with Crippen molar-refractivity contribution in [3.05, 3.63) is 48.5 Å². The molecule has 0 fully saturated rings. The van der Waals surface area contributed by atoms with Crippen LogP contribution in [-0.2, 0) is 21.3 Å². The van der Waals surface area contributed by atoms with E-state index in [1.54, 1.807) is 48.3 Å². The summed E-state index contributed by atoms with van der Waals surface area (Å²) in [6, 6.07) is 8.27. The molecule has 12 heteroatoms. The Hall–Kier alpha value is -3.25. The van der Waals surface area contributed by atoms with Crippen LogP contribution >= 0.6 is 0 Å². The second-order valence-electron chi connectivity index (χ2n) is 6.15. The van der Waals surface area contributed by atoms with Gasteiger partial charge in [-0.2, -0.15) is 10.1 Å². The fourth-order valence-electron chi connectivity index (χ4n) is 2.42. The first-order valence-corrected chi connectivity index (χ1v) is 10.7. The van der Waals surface area contributed by atoms with Gasteiger partial charge >= 0.3 is 0 Å². The fourth-order valence-corrected chi connectivity index (χ4v) is 3.07. The molecule has 0 bridgehead atoms. The van der Waals surface area contributed by atoms with Crippen molar-refractivity contribution in [3.63, 3.8) is 0 Å². The predicted octanol–water partition coefficient (Wildman–Crippen LogP) is 2.71. The van der Waals surface area contributed by atoms with Crippen molar-refractivity contribution in [3.8, 4) is 0 Å². The third-order valence-corrected chi connectivity index (χ3v) is 5.27. The number of ether oxygens (including phenoxy) is 1. The zero-order chi connectivity index (χ0) is 21.6. The number of nitrogens with zero attached hydrogens (tertiary/aromatic N) is 4. The first kappa shape index (κ1) is 21.5. The minimum absolute atomic E-state index is 0.0890. The number of sulfonamides is 1. The van der Waals surface area contributed by atoms with Crippen LogP contribution in [0.3, 0.4) is 0 Å². The van der Waals surface area contributed by atoms with Gasteiger partial charge in [-0.25, -0.2) is 17.8 Å². The van der Waals surface area contributed by atoms with Crippen LogP contribution in [0.4, 0.5) is 33.3 Å².